The van der Waals surface area contributed by atoms with E-state index < -0.39 is 0 Å². The molecule has 5 nitrogen and oxygen atoms in total. The summed E-state index contributed by atoms with van der Waals surface area (Å²) >= 11 is 6.22. The van der Waals surface area contributed by atoms with Crippen LogP contribution in [-0.4, -0.2) is 27.5 Å². The van der Waals surface area contributed by atoms with Gasteiger partial charge in [0.2, 0.25) is 17.6 Å². The lowest BCUT2D eigenvalue weighted by Crippen LogP contribution is -2.30. The minimum Gasteiger partial charge on any atom is -0.337 e. The zero-order valence-electron chi connectivity index (χ0n) is 14.8. The van der Waals surface area contributed by atoms with Crippen LogP contribution in [0.4, 0.5) is 0 Å². The Morgan fingerprint density at radius 3 is 2.74 bits per heavy atom. The minimum absolute atomic E-state index is 0.124. The molecule has 0 unspecified atom stereocenters. The zero-order valence-corrected chi connectivity index (χ0v) is 15.6. The summed E-state index contributed by atoms with van der Waals surface area (Å²) < 4.78 is 5.49. The molecular weight excluding hydrogens is 362 g/mol. The predicted molar refractivity (Wildman–Crippen MR) is 103 cm³/mol. The molecule has 1 aliphatic heterocycles. The summed E-state index contributed by atoms with van der Waals surface area (Å²) in [6, 6.07) is 17.3. The average Bonchev–Trinajstić information content (AvgIpc) is 3.36. The van der Waals surface area contributed by atoms with Crippen LogP contribution in [0.2, 0.25) is 5.02 Å². The van der Waals surface area contributed by atoms with Crippen molar-refractivity contribution < 1.29 is 9.32 Å². The van der Waals surface area contributed by atoms with Crippen molar-refractivity contribution in [2.75, 3.05) is 6.54 Å². The maximum absolute atomic E-state index is 12.7. The van der Waals surface area contributed by atoms with Gasteiger partial charge in [0.15, 0.2) is 0 Å². The molecule has 0 N–H and O–H groups in total. The highest BCUT2D eigenvalue weighted by atomic mass is 35.5. The zero-order chi connectivity index (χ0) is 18.6. The molecule has 1 saturated heterocycles. The first-order chi connectivity index (χ1) is 13.2. The third-order valence-electron chi connectivity index (χ3n) is 4.89. The third kappa shape index (κ3) is 3.88. The quantitative estimate of drug-likeness (QED) is 0.643. The van der Waals surface area contributed by atoms with E-state index in [4.69, 9.17) is 16.1 Å². The van der Waals surface area contributed by atoms with Gasteiger partial charge in [0, 0.05) is 18.5 Å². The fourth-order valence-corrected chi connectivity index (χ4v) is 3.70. The van der Waals surface area contributed by atoms with Gasteiger partial charge in [0.25, 0.3) is 0 Å². The number of halogens is 1. The molecule has 1 aromatic heterocycles. The van der Waals surface area contributed by atoms with Crippen LogP contribution < -0.4 is 0 Å². The van der Waals surface area contributed by atoms with Gasteiger partial charge < -0.3 is 9.42 Å². The van der Waals surface area contributed by atoms with Gasteiger partial charge in [0.05, 0.1) is 5.02 Å². The number of hydrogen-bond acceptors (Lipinski definition) is 4. The Labute approximate surface area is 163 Å². The molecule has 1 amide bonds. The van der Waals surface area contributed by atoms with Crippen molar-refractivity contribution in [2.24, 2.45) is 0 Å². The van der Waals surface area contributed by atoms with E-state index in [1.807, 2.05) is 53.4 Å². The first-order valence-electron chi connectivity index (χ1n) is 9.14. The van der Waals surface area contributed by atoms with Crippen molar-refractivity contribution in [2.45, 2.75) is 31.7 Å². The topological polar surface area (TPSA) is 59.2 Å². The van der Waals surface area contributed by atoms with Crippen molar-refractivity contribution in [3.8, 4) is 11.4 Å². The minimum atomic E-state index is -0.156. The lowest BCUT2D eigenvalue weighted by molar-refractivity contribution is -0.132. The van der Waals surface area contributed by atoms with Crippen molar-refractivity contribution in [1.82, 2.24) is 15.0 Å². The van der Waals surface area contributed by atoms with Gasteiger partial charge in [-0.05, 0) is 37.0 Å². The molecule has 4 rings (SSSR count). The standard InChI is InChI=1S/C21H20ClN3O2/c22-17-10-5-4-9-16(17)20-23-21(27-24-20)18-11-6-14-25(18)19(26)13-12-15-7-2-1-3-8-15/h1-5,7-10,18H,6,11-14H2/t18-/m1/s1. The normalized spacial score (nSPS) is 16.6. The average molecular weight is 382 g/mol. The van der Waals surface area contributed by atoms with Gasteiger partial charge in [0.1, 0.15) is 6.04 Å². The van der Waals surface area contributed by atoms with Crippen molar-refractivity contribution in [1.29, 1.82) is 0 Å². The molecule has 27 heavy (non-hydrogen) atoms. The van der Waals surface area contributed by atoms with Gasteiger partial charge in [-0.15, -0.1) is 0 Å². The number of carbonyl (C=O) groups is 1. The highest BCUT2D eigenvalue weighted by Crippen LogP contribution is 2.33. The number of amides is 1. The summed E-state index contributed by atoms with van der Waals surface area (Å²) in [7, 11) is 0. The van der Waals surface area contributed by atoms with Crippen LogP contribution in [-0.2, 0) is 11.2 Å². The Morgan fingerprint density at radius 1 is 1.15 bits per heavy atom. The van der Waals surface area contributed by atoms with Gasteiger partial charge in [-0.1, -0.05) is 59.2 Å². The first-order valence-corrected chi connectivity index (χ1v) is 9.52. The second kappa shape index (κ2) is 7.92. The molecule has 1 fully saturated rings. The Hall–Kier alpha value is -2.66. The number of aromatic nitrogens is 2. The lowest BCUT2D eigenvalue weighted by Gasteiger charge is -2.21. The Morgan fingerprint density at radius 2 is 1.93 bits per heavy atom. The highest BCUT2D eigenvalue weighted by Gasteiger charge is 2.33. The number of rotatable bonds is 5. The van der Waals surface area contributed by atoms with E-state index >= 15 is 0 Å². The molecule has 0 saturated carbocycles. The van der Waals surface area contributed by atoms with E-state index in [1.165, 1.54) is 5.56 Å². The van der Waals surface area contributed by atoms with E-state index in [2.05, 4.69) is 10.1 Å². The number of nitrogens with zero attached hydrogens (tertiary/aromatic N) is 3. The van der Waals surface area contributed by atoms with Gasteiger partial charge >= 0.3 is 0 Å². The molecule has 6 heteroatoms. The fraction of sp³-hybridized carbons (Fsp3) is 0.286. The number of carbonyl (C=O) groups excluding carboxylic acids is 1. The van der Waals surface area contributed by atoms with Gasteiger partial charge in [-0.25, -0.2) is 0 Å². The van der Waals surface area contributed by atoms with Crippen LogP contribution >= 0.6 is 11.6 Å². The summed E-state index contributed by atoms with van der Waals surface area (Å²) in [4.78, 5) is 19.1. The second-order valence-corrected chi connectivity index (χ2v) is 7.07. The molecule has 1 aliphatic rings. The van der Waals surface area contributed by atoms with E-state index in [1.54, 1.807) is 6.07 Å². The number of hydrogen-bond donors (Lipinski definition) is 0. The molecule has 138 valence electrons. The lowest BCUT2D eigenvalue weighted by atomic mass is 10.1. The summed E-state index contributed by atoms with van der Waals surface area (Å²) in [5, 5.41) is 4.65. The Bertz CT molecular complexity index is 926. The Kier molecular flexibility index (Phi) is 5.21. The monoisotopic (exact) mass is 381 g/mol. The molecule has 2 heterocycles. The van der Waals surface area contributed by atoms with Gasteiger partial charge in [-0.3, -0.25) is 4.79 Å². The fourth-order valence-electron chi connectivity index (χ4n) is 3.48. The molecule has 0 radical (unpaired) electrons. The molecule has 3 aromatic rings. The highest BCUT2D eigenvalue weighted by molar-refractivity contribution is 6.33. The summed E-state index contributed by atoms with van der Waals surface area (Å²) in [6.45, 7) is 0.724. The van der Waals surface area contributed by atoms with Crippen LogP contribution in [0.15, 0.2) is 59.1 Å². The van der Waals surface area contributed by atoms with E-state index in [0.717, 1.165) is 31.4 Å². The maximum Gasteiger partial charge on any atom is 0.249 e. The Balaban J connectivity index is 1.47. The molecule has 2 aromatic carbocycles. The van der Waals surface area contributed by atoms with Crippen LogP contribution in [0.5, 0.6) is 0 Å². The SMILES string of the molecule is O=C(CCc1ccccc1)N1CCC[C@@H]1c1nc(-c2ccccc2Cl)no1. The van der Waals surface area contributed by atoms with E-state index in [-0.39, 0.29) is 11.9 Å². The van der Waals surface area contributed by atoms with Crippen LogP contribution in [0.3, 0.4) is 0 Å². The molecule has 0 bridgehead atoms. The molecule has 1 atom stereocenters. The second-order valence-electron chi connectivity index (χ2n) is 6.67. The third-order valence-corrected chi connectivity index (χ3v) is 5.21. The summed E-state index contributed by atoms with van der Waals surface area (Å²) in [6.07, 6.45) is 2.98. The largest absolute Gasteiger partial charge is 0.337 e. The van der Waals surface area contributed by atoms with Crippen molar-refractivity contribution in [3.63, 3.8) is 0 Å². The van der Waals surface area contributed by atoms with Crippen LogP contribution in [0, 0.1) is 0 Å². The van der Waals surface area contributed by atoms with E-state index in [9.17, 15) is 4.79 Å². The first kappa shape index (κ1) is 17.7. The predicted octanol–water partition coefficient (Wildman–Crippen LogP) is 4.69. The number of aryl methyl sites for hydroxylation is 1. The molecule has 0 spiro atoms. The number of likely N-dealkylation sites (tertiary alicyclic amines) is 1. The van der Waals surface area contributed by atoms with Gasteiger partial charge in [-0.2, -0.15) is 4.98 Å². The number of benzene rings is 2. The van der Waals surface area contributed by atoms with Crippen LogP contribution in [0.25, 0.3) is 11.4 Å². The maximum atomic E-state index is 12.7. The summed E-state index contributed by atoms with van der Waals surface area (Å²) in [5.74, 6) is 1.06. The van der Waals surface area contributed by atoms with Crippen molar-refractivity contribution in [3.05, 3.63) is 71.1 Å². The van der Waals surface area contributed by atoms with E-state index in [0.29, 0.717) is 23.2 Å². The smallest absolute Gasteiger partial charge is 0.249 e. The van der Waals surface area contributed by atoms with Crippen LogP contribution in [0.1, 0.15) is 36.8 Å². The molecular formula is C21H20ClN3O2. The van der Waals surface area contributed by atoms with Crippen molar-refractivity contribution >= 4 is 17.5 Å². The summed E-state index contributed by atoms with van der Waals surface area (Å²) in [5.41, 5.74) is 1.90. The molecule has 0 aliphatic carbocycles.